The van der Waals surface area contributed by atoms with E-state index in [1.807, 2.05) is 11.0 Å². The van der Waals surface area contributed by atoms with Gasteiger partial charge in [0.1, 0.15) is 6.61 Å². The first-order valence-corrected chi connectivity index (χ1v) is 9.20. The number of rotatable bonds is 4. The molecule has 7 heteroatoms. The Bertz CT molecular complexity index is 711. The van der Waals surface area contributed by atoms with E-state index in [0.29, 0.717) is 42.8 Å². The highest BCUT2D eigenvalue weighted by atomic mass is 35.5. The number of carbonyl (C=O) groups is 2. The van der Waals surface area contributed by atoms with Crippen molar-refractivity contribution in [3.8, 4) is 0 Å². The molecule has 1 aromatic carbocycles. The van der Waals surface area contributed by atoms with Crippen LogP contribution in [0.2, 0.25) is 10.0 Å². The lowest BCUT2D eigenvalue weighted by Crippen LogP contribution is -2.61. The molecular weight excluding hydrogens is 365 g/mol. The zero-order valence-corrected chi connectivity index (χ0v) is 15.2. The number of likely N-dealkylation sites (tertiary alicyclic amines) is 1. The zero-order valence-electron chi connectivity index (χ0n) is 13.7. The highest BCUT2D eigenvalue weighted by molar-refractivity contribution is 6.35. The molecular formula is C18H19Cl2NO4. The molecule has 1 spiro atoms. The molecule has 3 fully saturated rings. The molecule has 4 rings (SSSR count). The van der Waals surface area contributed by atoms with Crippen LogP contribution in [-0.2, 0) is 25.7 Å². The van der Waals surface area contributed by atoms with E-state index in [-0.39, 0.29) is 29.3 Å². The Kier molecular flexibility index (Phi) is 4.42. The van der Waals surface area contributed by atoms with E-state index in [4.69, 9.17) is 32.7 Å². The molecule has 2 saturated heterocycles. The van der Waals surface area contributed by atoms with Gasteiger partial charge in [-0.3, -0.25) is 9.59 Å². The summed E-state index contributed by atoms with van der Waals surface area (Å²) in [6.07, 6.45) is 2.01. The Balaban J connectivity index is 1.20. The van der Waals surface area contributed by atoms with Crippen LogP contribution < -0.4 is 0 Å². The molecule has 1 aliphatic carbocycles. The quantitative estimate of drug-likeness (QED) is 0.749. The van der Waals surface area contributed by atoms with Gasteiger partial charge < -0.3 is 14.4 Å². The van der Waals surface area contributed by atoms with Crippen molar-refractivity contribution < 1.29 is 19.1 Å². The monoisotopic (exact) mass is 383 g/mol. The van der Waals surface area contributed by atoms with E-state index in [0.717, 1.165) is 18.4 Å². The first-order valence-electron chi connectivity index (χ1n) is 8.44. The van der Waals surface area contributed by atoms with Crippen molar-refractivity contribution in [1.82, 2.24) is 4.90 Å². The highest BCUT2D eigenvalue weighted by Gasteiger charge is 2.53. The summed E-state index contributed by atoms with van der Waals surface area (Å²) in [7, 11) is 0. The zero-order chi connectivity index (χ0) is 17.6. The molecule has 2 aliphatic heterocycles. The number of carbonyl (C=O) groups excluding carboxylic acids is 2. The molecule has 25 heavy (non-hydrogen) atoms. The number of ether oxygens (including phenoxy) is 2. The number of esters is 1. The first-order chi connectivity index (χ1) is 11.9. The van der Waals surface area contributed by atoms with Gasteiger partial charge in [-0.2, -0.15) is 0 Å². The predicted octanol–water partition coefficient (Wildman–Crippen LogP) is 3.06. The normalized spacial score (nSPS) is 27.0. The minimum atomic E-state index is -0.148. The van der Waals surface area contributed by atoms with Gasteiger partial charge in [0, 0.05) is 29.1 Å². The summed E-state index contributed by atoms with van der Waals surface area (Å²) in [5.41, 5.74) is 0.786. The van der Waals surface area contributed by atoms with E-state index in [1.165, 1.54) is 0 Å². The van der Waals surface area contributed by atoms with Gasteiger partial charge in [0.15, 0.2) is 0 Å². The SMILES string of the molecule is O=C1CC2(CO1)CN(C(=O)C1CC(OCc3ccc(Cl)cc3Cl)C1)C2. The third-order valence-electron chi connectivity index (χ3n) is 5.36. The Hall–Kier alpha value is -1.30. The number of hydrogen-bond donors (Lipinski definition) is 0. The fraction of sp³-hybridized carbons (Fsp3) is 0.556. The van der Waals surface area contributed by atoms with Crippen molar-refractivity contribution in [1.29, 1.82) is 0 Å². The molecule has 0 radical (unpaired) electrons. The molecule has 3 aliphatic rings. The van der Waals surface area contributed by atoms with Crippen molar-refractivity contribution in [2.75, 3.05) is 19.7 Å². The number of nitrogens with zero attached hydrogens (tertiary/aromatic N) is 1. The Morgan fingerprint density at radius 1 is 1.32 bits per heavy atom. The number of hydrogen-bond acceptors (Lipinski definition) is 4. The molecule has 5 nitrogen and oxygen atoms in total. The van der Waals surface area contributed by atoms with Gasteiger partial charge >= 0.3 is 5.97 Å². The fourth-order valence-electron chi connectivity index (χ4n) is 3.77. The summed E-state index contributed by atoms with van der Waals surface area (Å²) >= 11 is 12.0. The lowest BCUT2D eigenvalue weighted by atomic mass is 9.75. The summed E-state index contributed by atoms with van der Waals surface area (Å²) in [6.45, 7) is 2.15. The van der Waals surface area contributed by atoms with Crippen LogP contribution in [0.15, 0.2) is 18.2 Å². The van der Waals surface area contributed by atoms with Crippen LogP contribution in [-0.4, -0.2) is 42.6 Å². The molecule has 0 unspecified atom stereocenters. The lowest BCUT2D eigenvalue weighted by molar-refractivity contribution is -0.157. The van der Waals surface area contributed by atoms with Gasteiger partial charge in [-0.1, -0.05) is 29.3 Å². The molecule has 0 atom stereocenters. The van der Waals surface area contributed by atoms with Crippen LogP contribution >= 0.6 is 23.2 Å². The van der Waals surface area contributed by atoms with Crippen molar-refractivity contribution in [2.45, 2.75) is 32.0 Å². The van der Waals surface area contributed by atoms with Gasteiger partial charge in [-0.15, -0.1) is 0 Å². The maximum Gasteiger partial charge on any atom is 0.306 e. The summed E-state index contributed by atoms with van der Waals surface area (Å²) in [5, 5.41) is 1.20. The topological polar surface area (TPSA) is 55.8 Å². The minimum absolute atomic E-state index is 0.0288. The second kappa shape index (κ2) is 6.45. The van der Waals surface area contributed by atoms with E-state index in [9.17, 15) is 9.59 Å². The average molecular weight is 384 g/mol. The summed E-state index contributed by atoms with van der Waals surface area (Å²) in [6, 6.07) is 5.35. The molecule has 2 heterocycles. The standard InChI is InChI=1S/C18H19Cl2NO4/c19-13-2-1-11(15(20)5-13)7-24-14-3-12(4-14)17(23)21-8-18(9-21)6-16(22)25-10-18/h1-2,5,12,14H,3-4,6-10H2. The van der Waals surface area contributed by atoms with E-state index < -0.39 is 0 Å². The second-order valence-electron chi connectivity index (χ2n) is 7.37. The molecule has 1 amide bonds. The van der Waals surface area contributed by atoms with Crippen LogP contribution in [0.25, 0.3) is 0 Å². The molecule has 134 valence electrons. The van der Waals surface area contributed by atoms with Crippen LogP contribution in [0.5, 0.6) is 0 Å². The van der Waals surface area contributed by atoms with Crippen LogP contribution in [0.4, 0.5) is 0 Å². The molecule has 0 aromatic heterocycles. The summed E-state index contributed by atoms with van der Waals surface area (Å²) in [4.78, 5) is 25.5. The van der Waals surface area contributed by atoms with Crippen molar-refractivity contribution >= 4 is 35.1 Å². The maximum absolute atomic E-state index is 12.4. The summed E-state index contributed by atoms with van der Waals surface area (Å²) in [5.74, 6) is 0.0560. The largest absolute Gasteiger partial charge is 0.465 e. The third-order valence-corrected chi connectivity index (χ3v) is 5.94. The second-order valence-corrected chi connectivity index (χ2v) is 8.21. The Morgan fingerprint density at radius 3 is 2.72 bits per heavy atom. The number of halogens is 2. The fourth-order valence-corrected chi connectivity index (χ4v) is 4.24. The Labute approximate surface area is 156 Å². The Morgan fingerprint density at radius 2 is 2.08 bits per heavy atom. The smallest absolute Gasteiger partial charge is 0.306 e. The lowest BCUT2D eigenvalue weighted by Gasteiger charge is -2.49. The molecule has 1 aromatic rings. The highest BCUT2D eigenvalue weighted by Crippen LogP contribution is 2.42. The van der Waals surface area contributed by atoms with Gasteiger partial charge in [0.05, 0.1) is 24.5 Å². The van der Waals surface area contributed by atoms with Crippen LogP contribution in [0, 0.1) is 11.3 Å². The van der Waals surface area contributed by atoms with E-state index in [1.54, 1.807) is 12.1 Å². The molecule has 0 N–H and O–H groups in total. The van der Waals surface area contributed by atoms with Gasteiger partial charge in [-0.05, 0) is 30.5 Å². The van der Waals surface area contributed by atoms with Crippen LogP contribution in [0.3, 0.4) is 0 Å². The van der Waals surface area contributed by atoms with E-state index >= 15 is 0 Å². The molecule has 0 bridgehead atoms. The van der Waals surface area contributed by atoms with Gasteiger partial charge in [0.25, 0.3) is 0 Å². The predicted molar refractivity (Wildman–Crippen MR) is 92.4 cm³/mol. The molecule has 1 saturated carbocycles. The van der Waals surface area contributed by atoms with Crippen molar-refractivity contribution in [2.24, 2.45) is 11.3 Å². The van der Waals surface area contributed by atoms with Crippen molar-refractivity contribution in [3.63, 3.8) is 0 Å². The number of amides is 1. The maximum atomic E-state index is 12.4. The minimum Gasteiger partial charge on any atom is -0.465 e. The van der Waals surface area contributed by atoms with Gasteiger partial charge in [0.2, 0.25) is 5.91 Å². The summed E-state index contributed by atoms with van der Waals surface area (Å²) < 4.78 is 10.9. The van der Waals surface area contributed by atoms with E-state index in [2.05, 4.69) is 0 Å². The number of benzene rings is 1. The third kappa shape index (κ3) is 3.37. The van der Waals surface area contributed by atoms with Crippen LogP contribution in [0.1, 0.15) is 24.8 Å². The van der Waals surface area contributed by atoms with Crippen molar-refractivity contribution in [3.05, 3.63) is 33.8 Å². The average Bonchev–Trinajstić information content (AvgIpc) is 2.88. The first kappa shape index (κ1) is 17.1. The number of cyclic esters (lactones) is 1. The van der Waals surface area contributed by atoms with Gasteiger partial charge in [-0.25, -0.2) is 0 Å².